The maximum Gasteiger partial charge on any atom is 0.350 e. The lowest BCUT2D eigenvalue weighted by Crippen LogP contribution is -2.29. The summed E-state index contributed by atoms with van der Waals surface area (Å²) in [6.45, 7) is 2.23. The van der Waals surface area contributed by atoms with Gasteiger partial charge in [-0.05, 0) is 49.2 Å². The number of sulfonamides is 1. The van der Waals surface area contributed by atoms with E-state index in [1.165, 1.54) is 22.6 Å². The molecule has 8 heteroatoms. The lowest BCUT2D eigenvalue weighted by molar-refractivity contribution is -0.138. The minimum Gasteiger partial charge on any atom is -0.462 e. The number of ether oxygens (including phenoxy) is 1. The maximum absolute atomic E-state index is 13.0. The van der Waals surface area contributed by atoms with Gasteiger partial charge in [-0.3, -0.25) is 4.31 Å². The van der Waals surface area contributed by atoms with Gasteiger partial charge in [-0.15, -0.1) is 0 Å². The zero-order valence-electron chi connectivity index (χ0n) is 15.3. The highest BCUT2D eigenvalue weighted by Gasteiger charge is 2.30. The molecule has 0 amide bonds. The summed E-state index contributed by atoms with van der Waals surface area (Å²) < 4.78 is 32.1. The summed E-state index contributed by atoms with van der Waals surface area (Å²) >= 11 is 0. The molecular weight excluding hydrogens is 378 g/mol. The topological polar surface area (TPSA) is 99.5 Å². The third-order valence-electron chi connectivity index (χ3n) is 4.29. The zero-order valence-corrected chi connectivity index (χ0v) is 16.1. The van der Waals surface area contributed by atoms with E-state index >= 15 is 0 Å². The largest absolute Gasteiger partial charge is 0.462 e. The molecule has 1 aliphatic rings. The molecule has 1 N–H and O–H groups in total. The Morgan fingerprint density at radius 1 is 1.25 bits per heavy atom. The van der Waals surface area contributed by atoms with E-state index in [2.05, 4.69) is 5.32 Å². The lowest BCUT2D eigenvalue weighted by Gasteiger charge is -2.19. The molecule has 0 unspecified atom stereocenters. The number of carbonyl (C=O) groups excluding carboxylic acids is 1. The summed E-state index contributed by atoms with van der Waals surface area (Å²) in [6, 6.07) is 15.3. The van der Waals surface area contributed by atoms with Crippen molar-refractivity contribution in [3.8, 4) is 6.07 Å². The molecule has 0 aromatic heterocycles. The van der Waals surface area contributed by atoms with Crippen molar-refractivity contribution in [3.05, 3.63) is 65.9 Å². The van der Waals surface area contributed by atoms with Crippen LogP contribution in [0.15, 0.2) is 65.2 Å². The fourth-order valence-corrected chi connectivity index (χ4v) is 4.41. The van der Waals surface area contributed by atoms with Gasteiger partial charge < -0.3 is 10.1 Å². The van der Waals surface area contributed by atoms with Crippen LogP contribution in [0.3, 0.4) is 0 Å². The fraction of sp³-hybridized carbons (Fsp3) is 0.200. The van der Waals surface area contributed by atoms with E-state index in [1.54, 1.807) is 31.2 Å². The predicted molar refractivity (Wildman–Crippen MR) is 105 cm³/mol. The van der Waals surface area contributed by atoms with Crippen LogP contribution in [-0.4, -0.2) is 27.5 Å². The lowest BCUT2D eigenvalue weighted by atomic mass is 10.2. The molecule has 144 valence electrons. The molecule has 0 aliphatic carbocycles. The number of nitriles is 1. The van der Waals surface area contributed by atoms with Crippen LogP contribution in [0.1, 0.15) is 12.5 Å². The van der Waals surface area contributed by atoms with Gasteiger partial charge in [-0.25, -0.2) is 13.2 Å². The molecular formula is C20H19N3O4S. The third kappa shape index (κ3) is 3.85. The monoisotopic (exact) mass is 397 g/mol. The minimum atomic E-state index is -3.66. The molecule has 0 saturated heterocycles. The van der Waals surface area contributed by atoms with Crippen molar-refractivity contribution in [2.24, 2.45) is 0 Å². The van der Waals surface area contributed by atoms with Gasteiger partial charge in [0.15, 0.2) is 5.57 Å². The highest BCUT2D eigenvalue weighted by Crippen LogP contribution is 2.32. The number of para-hydroxylation sites is 1. The summed E-state index contributed by atoms with van der Waals surface area (Å²) in [6.07, 6.45) is 1.92. The van der Waals surface area contributed by atoms with Crippen molar-refractivity contribution >= 4 is 27.4 Å². The van der Waals surface area contributed by atoms with Gasteiger partial charge in [0.2, 0.25) is 0 Å². The average molecular weight is 397 g/mol. The first-order chi connectivity index (χ1) is 13.5. The Labute approximate surface area is 163 Å². The molecule has 1 aliphatic heterocycles. The number of anilines is 2. The van der Waals surface area contributed by atoms with Gasteiger partial charge in [-0.1, -0.05) is 18.2 Å². The van der Waals surface area contributed by atoms with E-state index in [1.807, 2.05) is 18.2 Å². The number of hydrogen-bond donors (Lipinski definition) is 1. The number of rotatable bonds is 6. The second-order valence-electron chi connectivity index (χ2n) is 6.01. The van der Waals surface area contributed by atoms with Crippen LogP contribution in [0.2, 0.25) is 0 Å². The summed E-state index contributed by atoms with van der Waals surface area (Å²) in [4.78, 5) is 11.8. The van der Waals surface area contributed by atoms with E-state index in [0.717, 1.165) is 5.56 Å². The van der Waals surface area contributed by atoms with Crippen LogP contribution in [0, 0.1) is 11.3 Å². The first kappa shape index (κ1) is 19.5. The summed E-state index contributed by atoms with van der Waals surface area (Å²) in [7, 11) is -3.66. The van der Waals surface area contributed by atoms with Gasteiger partial charge in [0.25, 0.3) is 10.0 Å². The Morgan fingerprint density at radius 2 is 1.96 bits per heavy atom. The summed E-state index contributed by atoms with van der Waals surface area (Å²) in [5.41, 5.74) is 2.09. The van der Waals surface area contributed by atoms with Gasteiger partial charge in [0.1, 0.15) is 6.07 Å². The van der Waals surface area contributed by atoms with Gasteiger partial charge in [0, 0.05) is 18.4 Å². The Bertz CT molecular complexity index is 1050. The van der Waals surface area contributed by atoms with Gasteiger partial charge >= 0.3 is 5.97 Å². The number of fused-ring (bicyclic) bond motifs is 1. The maximum atomic E-state index is 13.0. The number of benzene rings is 2. The summed E-state index contributed by atoms with van der Waals surface area (Å²) in [5.74, 6) is -0.718. The van der Waals surface area contributed by atoms with E-state index in [4.69, 9.17) is 10.00 Å². The first-order valence-corrected chi connectivity index (χ1v) is 10.2. The van der Waals surface area contributed by atoms with Crippen LogP contribution in [0.25, 0.3) is 0 Å². The number of nitrogens with one attached hydrogen (secondary N) is 1. The van der Waals surface area contributed by atoms with Crippen molar-refractivity contribution in [1.82, 2.24) is 0 Å². The Morgan fingerprint density at radius 3 is 2.64 bits per heavy atom. The second-order valence-corrected chi connectivity index (χ2v) is 7.88. The first-order valence-electron chi connectivity index (χ1n) is 8.72. The molecule has 1 heterocycles. The van der Waals surface area contributed by atoms with Gasteiger partial charge in [0.05, 0.1) is 17.2 Å². The standard InChI is InChI=1S/C20H19N3O4S/c1-2-27-20(24)16(13-21)14-22-17-7-9-18(10-8-17)28(25,26)23-12-11-15-5-3-4-6-19(15)23/h3-10,14,22H,2,11-12H2,1H3/b16-14+. The molecule has 0 atom stereocenters. The molecule has 28 heavy (non-hydrogen) atoms. The zero-order chi connectivity index (χ0) is 20.1. The van der Waals surface area contributed by atoms with Crippen LogP contribution in [0.5, 0.6) is 0 Å². The normalized spacial score (nSPS) is 13.6. The van der Waals surface area contributed by atoms with Crippen molar-refractivity contribution in [1.29, 1.82) is 5.26 Å². The second kappa shape index (κ2) is 8.15. The third-order valence-corrected chi connectivity index (χ3v) is 6.11. The van der Waals surface area contributed by atoms with Crippen molar-refractivity contribution < 1.29 is 17.9 Å². The Balaban J connectivity index is 1.78. The molecule has 2 aromatic carbocycles. The number of hydrogen-bond acceptors (Lipinski definition) is 6. The van der Waals surface area contributed by atoms with E-state index in [0.29, 0.717) is 24.3 Å². The fourth-order valence-electron chi connectivity index (χ4n) is 2.91. The average Bonchev–Trinajstić information content (AvgIpc) is 3.14. The molecule has 0 bridgehead atoms. The highest BCUT2D eigenvalue weighted by atomic mass is 32.2. The Hall–Kier alpha value is -3.31. The molecule has 7 nitrogen and oxygen atoms in total. The van der Waals surface area contributed by atoms with Crippen LogP contribution in [-0.2, 0) is 26.0 Å². The quantitative estimate of drug-likeness (QED) is 0.457. The molecule has 0 fully saturated rings. The number of esters is 1. The van der Waals surface area contributed by atoms with Gasteiger partial charge in [-0.2, -0.15) is 5.26 Å². The van der Waals surface area contributed by atoms with Crippen LogP contribution in [0.4, 0.5) is 11.4 Å². The van der Waals surface area contributed by atoms with Crippen LogP contribution < -0.4 is 9.62 Å². The molecule has 0 saturated carbocycles. The van der Waals surface area contributed by atoms with Crippen molar-refractivity contribution in [2.45, 2.75) is 18.2 Å². The summed E-state index contributed by atoms with van der Waals surface area (Å²) in [5, 5.41) is 11.8. The number of carbonyl (C=O) groups is 1. The van der Waals surface area contributed by atoms with Crippen molar-refractivity contribution in [3.63, 3.8) is 0 Å². The molecule has 2 aromatic rings. The van der Waals surface area contributed by atoms with Crippen LogP contribution >= 0.6 is 0 Å². The predicted octanol–water partition coefficient (Wildman–Crippen LogP) is 2.82. The molecule has 0 spiro atoms. The minimum absolute atomic E-state index is 0.171. The van der Waals surface area contributed by atoms with E-state index in [9.17, 15) is 13.2 Å². The SMILES string of the molecule is CCOC(=O)/C(C#N)=C/Nc1ccc(S(=O)(=O)N2CCc3ccccc32)cc1. The molecule has 0 radical (unpaired) electrons. The molecule has 3 rings (SSSR count). The van der Waals surface area contributed by atoms with E-state index < -0.39 is 16.0 Å². The van der Waals surface area contributed by atoms with E-state index in [-0.39, 0.29) is 17.1 Å². The Kier molecular flexibility index (Phi) is 5.66. The number of nitrogens with zero attached hydrogens (tertiary/aromatic N) is 2. The van der Waals surface area contributed by atoms with Crippen molar-refractivity contribution in [2.75, 3.05) is 22.8 Å². The highest BCUT2D eigenvalue weighted by molar-refractivity contribution is 7.92. The smallest absolute Gasteiger partial charge is 0.350 e.